The van der Waals surface area contributed by atoms with Gasteiger partial charge in [0.25, 0.3) is 0 Å². The van der Waals surface area contributed by atoms with Crippen LogP contribution in [-0.2, 0) is 10.5 Å². The van der Waals surface area contributed by atoms with Crippen LogP contribution in [0.3, 0.4) is 0 Å². The molecule has 15 heavy (non-hydrogen) atoms. The molecular weight excluding hydrogens is 232 g/mol. The zero-order valence-electron chi connectivity index (χ0n) is 8.66. The summed E-state index contributed by atoms with van der Waals surface area (Å²) < 4.78 is -0.779. The smallest absolute Gasteiger partial charge is 0.319 e. The van der Waals surface area contributed by atoms with E-state index in [-0.39, 0.29) is 0 Å². The monoisotopic (exact) mass is 244 g/mol. The van der Waals surface area contributed by atoms with Crippen molar-refractivity contribution in [1.29, 1.82) is 0 Å². The van der Waals surface area contributed by atoms with Gasteiger partial charge >= 0.3 is 5.97 Å². The van der Waals surface area contributed by atoms with Crippen LogP contribution < -0.4 is 0 Å². The molecule has 0 aliphatic heterocycles. The molecule has 2 nitrogen and oxygen atoms in total. The highest BCUT2D eigenvalue weighted by Crippen LogP contribution is 2.30. The molecule has 0 saturated heterocycles. The third-order valence-electron chi connectivity index (χ3n) is 2.06. The van der Waals surface area contributed by atoms with Crippen molar-refractivity contribution in [3.05, 3.63) is 34.9 Å². The van der Waals surface area contributed by atoms with Crippen molar-refractivity contribution in [3.63, 3.8) is 0 Å². The second-order valence-electron chi connectivity index (χ2n) is 3.70. The van der Waals surface area contributed by atoms with Crippen LogP contribution in [0, 0.1) is 0 Å². The summed E-state index contributed by atoms with van der Waals surface area (Å²) in [7, 11) is 0. The van der Waals surface area contributed by atoms with Crippen LogP contribution in [0.5, 0.6) is 0 Å². The van der Waals surface area contributed by atoms with Crippen LogP contribution in [0.2, 0.25) is 5.02 Å². The third-order valence-corrected chi connectivity index (χ3v) is 3.78. The van der Waals surface area contributed by atoms with Gasteiger partial charge in [0, 0.05) is 10.8 Å². The van der Waals surface area contributed by atoms with Crippen molar-refractivity contribution in [2.75, 3.05) is 0 Å². The van der Waals surface area contributed by atoms with Crippen molar-refractivity contribution in [3.8, 4) is 0 Å². The molecule has 1 aromatic rings. The first kappa shape index (κ1) is 12.4. The van der Waals surface area contributed by atoms with Crippen LogP contribution >= 0.6 is 23.4 Å². The molecule has 0 aliphatic carbocycles. The van der Waals surface area contributed by atoms with Crippen LogP contribution in [0.15, 0.2) is 24.3 Å². The SMILES string of the molecule is CC(C)(SCc1ccccc1Cl)C(=O)O. The predicted octanol–water partition coefficient (Wildman–Crippen LogP) is 3.44. The summed E-state index contributed by atoms with van der Waals surface area (Å²) in [6.45, 7) is 3.38. The molecule has 0 unspecified atom stereocenters. The minimum absolute atomic E-state index is 0.610. The lowest BCUT2D eigenvalue weighted by molar-refractivity contribution is -0.138. The van der Waals surface area contributed by atoms with E-state index in [1.54, 1.807) is 13.8 Å². The van der Waals surface area contributed by atoms with Gasteiger partial charge in [-0.1, -0.05) is 29.8 Å². The highest BCUT2D eigenvalue weighted by molar-refractivity contribution is 8.00. The lowest BCUT2D eigenvalue weighted by atomic mass is 10.2. The summed E-state index contributed by atoms with van der Waals surface area (Å²) in [5.41, 5.74) is 0.971. The molecule has 1 N–H and O–H groups in total. The van der Waals surface area contributed by atoms with Gasteiger partial charge in [-0.25, -0.2) is 0 Å². The van der Waals surface area contributed by atoms with E-state index in [0.717, 1.165) is 5.56 Å². The maximum Gasteiger partial charge on any atom is 0.319 e. The maximum absolute atomic E-state index is 10.9. The molecule has 4 heteroatoms. The van der Waals surface area contributed by atoms with Crippen LogP contribution in [0.1, 0.15) is 19.4 Å². The average molecular weight is 245 g/mol. The zero-order valence-corrected chi connectivity index (χ0v) is 10.2. The van der Waals surface area contributed by atoms with Crippen molar-refractivity contribution in [2.45, 2.75) is 24.3 Å². The summed E-state index contributed by atoms with van der Waals surface area (Å²) in [4.78, 5) is 10.9. The number of thioether (sulfide) groups is 1. The lowest BCUT2D eigenvalue weighted by Gasteiger charge is -2.18. The Morgan fingerprint density at radius 2 is 2.07 bits per heavy atom. The van der Waals surface area contributed by atoms with E-state index >= 15 is 0 Å². The Kier molecular flexibility index (Phi) is 4.05. The molecule has 0 spiro atoms. The minimum Gasteiger partial charge on any atom is -0.480 e. The topological polar surface area (TPSA) is 37.3 Å². The molecule has 0 amide bonds. The van der Waals surface area contributed by atoms with E-state index in [4.69, 9.17) is 16.7 Å². The van der Waals surface area contributed by atoms with Crippen molar-refractivity contribution in [1.82, 2.24) is 0 Å². The Hall–Kier alpha value is -0.670. The Bertz CT molecular complexity index is 363. The molecule has 1 aromatic carbocycles. The summed E-state index contributed by atoms with van der Waals surface area (Å²) in [6.07, 6.45) is 0. The summed E-state index contributed by atoms with van der Waals surface area (Å²) in [5.74, 6) is -0.196. The van der Waals surface area contributed by atoms with Crippen molar-refractivity contribution in [2.24, 2.45) is 0 Å². The van der Waals surface area contributed by atoms with E-state index in [1.807, 2.05) is 24.3 Å². The molecule has 0 fully saturated rings. The van der Waals surface area contributed by atoms with Crippen LogP contribution in [0.4, 0.5) is 0 Å². The Labute approximate surface area is 98.6 Å². The first-order valence-corrected chi connectivity index (χ1v) is 5.90. The quantitative estimate of drug-likeness (QED) is 0.882. The fourth-order valence-corrected chi connectivity index (χ4v) is 2.11. The van der Waals surface area contributed by atoms with Gasteiger partial charge in [-0.2, -0.15) is 0 Å². The molecular formula is C11H13ClO2S. The van der Waals surface area contributed by atoms with Gasteiger partial charge in [0.15, 0.2) is 0 Å². The van der Waals surface area contributed by atoms with Crippen LogP contribution in [0.25, 0.3) is 0 Å². The summed E-state index contributed by atoms with van der Waals surface area (Å²) in [5, 5.41) is 9.62. The fraction of sp³-hybridized carbons (Fsp3) is 0.364. The summed E-state index contributed by atoms with van der Waals surface area (Å²) >= 11 is 7.34. The Morgan fingerprint density at radius 3 is 2.60 bits per heavy atom. The minimum atomic E-state index is -0.806. The van der Waals surface area contributed by atoms with Crippen LogP contribution in [-0.4, -0.2) is 15.8 Å². The van der Waals surface area contributed by atoms with E-state index < -0.39 is 10.7 Å². The number of benzene rings is 1. The largest absolute Gasteiger partial charge is 0.480 e. The molecule has 0 saturated carbocycles. The van der Waals surface area contributed by atoms with Gasteiger partial charge in [0.05, 0.1) is 0 Å². The number of carbonyl (C=O) groups is 1. The van der Waals surface area contributed by atoms with Gasteiger partial charge in [-0.3, -0.25) is 4.79 Å². The van der Waals surface area contributed by atoms with E-state index in [9.17, 15) is 4.79 Å². The zero-order chi connectivity index (χ0) is 11.5. The third kappa shape index (κ3) is 3.43. The first-order chi connectivity index (χ1) is 6.93. The maximum atomic E-state index is 10.9. The average Bonchev–Trinajstić information content (AvgIpc) is 2.16. The number of hydrogen-bond acceptors (Lipinski definition) is 2. The van der Waals surface area contributed by atoms with E-state index in [0.29, 0.717) is 10.8 Å². The second-order valence-corrected chi connectivity index (χ2v) is 5.70. The number of carboxylic acids is 1. The molecule has 0 aliphatic rings. The standard InChI is InChI=1S/C11H13ClO2S/c1-11(2,10(13)14)15-7-8-5-3-4-6-9(8)12/h3-6H,7H2,1-2H3,(H,13,14). The molecule has 0 bridgehead atoms. The normalized spacial score (nSPS) is 11.4. The molecule has 0 atom stereocenters. The number of hydrogen-bond donors (Lipinski definition) is 1. The van der Waals surface area contributed by atoms with E-state index in [2.05, 4.69) is 0 Å². The number of carboxylic acid groups (broad SMARTS) is 1. The second kappa shape index (κ2) is 4.90. The molecule has 0 radical (unpaired) electrons. The van der Waals surface area contributed by atoms with Gasteiger partial charge in [0.1, 0.15) is 4.75 Å². The molecule has 1 rings (SSSR count). The van der Waals surface area contributed by atoms with Crippen molar-refractivity contribution < 1.29 is 9.90 Å². The lowest BCUT2D eigenvalue weighted by Crippen LogP contribution is -2.27. The molecule has 0 aromatic heterocycles. The summed E-state index contributed by atoms with van der Waals surface area (Å²) in [6, 6.07) is 7.48. The fourth-order valence-electron chi connectivity index (χ4n) is 0.935. The predicted molar refractivity (Wildman–Crippen MR) is 64.5 cm³/mol. The Morgan fingerprint density at radius 1 is 1.47 bits per heavy atom. The number of halogens is 1. The number of aliphatic carboxylic acids is 1. The molecule has 0 heterocycles. The highest BCUT2D eigenvalue weighted by Gasteiger charge is 2.27. The van der Waals surface area contributed by atoms with Crippen molar-refractivity contribution >= 4 is 29.3 Å². The Balaban J connectivity index is 2.66. The highest BCUT2D eigenvalue weighted by atomic mass is 35.5. The van der Waals surface area contributed by atoms with Gasteiger partial charge in [0.2, 0.25) is 0 Å². The number of rotatable bonds is 4. The van der Waals surface area contributed by atoms with Gasteiger partial charge in [-0.15, -0.1) is 11.8 Å². The first-order valence-electron chi connectivity index (χ1n) is 4.54. The van der Waals surface area contributed by atoms with E-state index in [1.165, 1.54) is 11.8 Å². The van der Waals surface area contributed by atoms with Gasteiger partial charge < -0.3 is 5.11 Å². The molecule has 82 valence electrons. The van der Waals surface area contributed by atoms with Gasteiger partial charge in [-0.05, 0) is 25.5 Å².